The number of nitrogen functional groups attached to an aromatic ring is 1. The maximum atomic E-state index is 12.3. The molecule has 0 aliphatic heterocycles. The Balaban J connectivity index is 2.91. The standard InChI is InChI=1S/C9H13F3N4/c1-3-5(2)15-8-14-4-6(7(13)16-8)9(10,11)12/h4-5H,3H2,1-2H3,(H3,13,14,15,16). The zero-order valence-corrected chi connectivity index (χ0v) is 8.97. The van der Waals surface area contributed by atoms with Gasteiger partial charge in [0, 0.05) is 12.2 Å². The van der Waals surface area contributed by atoms with E-state index in [1.165, 1.54) is 0 Å². The first kappa shape index (κ1) is 12.5. The van der Waals surface area contributed by atoms with E-state index in [-0.39, 0.29) is 12.0 Å². The molecule has 0 bridgehead atoms. The zero-order valence-electron chi connectivity index (χ0n) is 8.97. The Morgan fingerprint density at radius 3 is 2.56 bits per heavy atom. The van der Waals surface area contributed by atoms with Gasteiger partial charge in [-0.15, -0.1) is 0 Å². The van der Waals surface area contributed by atoms with Crippen LogP contribution in [0.25, 0.3) is 0 Å². The second kappa shape index (κ2) is 4.54. The highest BCUT2D eigenvalue weighted by molar-refractivity contribution is 5.44. The Morgan fingerprint density at radius 2 is 2.12 bits per heavy atom. The van der Waals surface area contributed by atoms with Crippen molar-refractivity contribution >= 4 is 11.8 Å². The molecular weight excluding hydrogens is 221 g/mol. The van der Waals surface area contributed by atoms with Gasteiger partial charge in [-0.2, -0.15) is 18.2 Å². The van der Waals surface area contributed by atoms with Crippen molar-refractivity contribution in [3.8, 4) is 0 Å². The largest absolute Gasteiger partial charge is 0.421 e. The van der Waals surface area contributed by atoms with Gasteiger partial charge >= 0.3 is 6.18 Å². The van der Waals surface area contributed by atoms with E-state index in [4.69, 9.17) is 5.73 Å². The van der Waals surface area contributed by atoms with Crippen LogP contribution in [0.4, 0.5) is 24.9 Å². The lowest BCUT2D eigenvalue weighted by Crippen LogP contribution is -2.18. The first-order chi connectivity index (χ1) is 7.34. The molecule has 0 aliphatic carbocycles. The predicted octanol–water partition coefficient (Wildman–Crippen LogP) is 2.29. The predicted molar refractivity (Wildman–Crippen MR) is 54.8 cm³/mol. The lowest BCUT2D eigenvalue weighted by atomic mass is 10.3. The van der Waals surface area contributed by atoms with E-state index in [0.29, 0.717) is 6.20 Å². The van der Waals surface area contributed by atoms with Gasteiger partial charge in [0.1, 0.15) is 11.4 Å². The molecule has 90 valence electrons. The van der Waals surface area contributed by atoms with Crippen molar-refractivity contribution in [3.63, 3.8) is 0 Å². The van der Waals surface area contributed by atoms with Gasteiger partial charge in [0.05, 0.1) is 0 Å². The third-order valence-electron chi connectivity index (χ3n) is 2.11. The summed E-state index contributed by atoms with van der Waals surface area (Å²) < 4.78 is 37.0. The third kappa shape index (κ3) is 2.98. The van der Waals surface area contributed by atoms with Crippen molar-refractivity contribution in [1.82, 2.24) is 9.97 Å². The molecule has 1 heterocycles. The summed E-state index contributed by atoms with van der Waals surface area (Å²) in [5.41, 5.74) is 4.20. The quantitative estimate of drug-likeness (QED) is 0.842. The molecule has 0 saturated carbocycles. The van der Waals surface area contributed by atoms with Crippen LogP contribution in [0, 0.1) is 0 Å². The highest BCUT2D eigenvalue weighted by atomic mass is 19.4. The highest BCUT2D eigenvalue weighted by Gasteiger charge is 2.34. The second-order valence-electron chi connectivity index (χ2n) is 3.44. The van der Waals surface area contributed by atoms with Crippen molar-refractivity contribution in [3.05, 3.63) is 11.8 Å². The summed E-state index contributed by atoms with van der Waals surface area (Å²) in [7, 11) is 0. The van der Waals surface area contributed by atoms with Crippen LogP contribution in [0.5, 0.6) is 0 Å². The Bertz CT molecular complexity index is 364. The first-order valence-corrected chi connectivity index (χ1v) is 4.80. The van der Waals surface area contributed by atoms with E-state index in [2.05, 4.69) is 15.3 Å². The van der Waals surface area contributed by atoms with Crippen molar-refractivity contribution in [2.45, 2.75) is 32.5 Å². The van der Waals surface area contributed by atoms with Crippen LogP contribution in [0.2, 0.25) is 0 Å². The van der Waals surface area contributed by atoms with Crippen LogP contribution < -0.4 is 11.1 Å². The molecule has 4 nitrogen and oxygen atoms in total. The number of nitrogens with zero attached hydrogens (tertiary/aromatic N) is 2. The molecule has 1 aromatic heterocycles. The number of alkyl halides is 3. The maximum Gasteiger partial charge on any atom is 0.421 e. The summed E-state index contributed by atoms with van der Waals surface area (Å²) in [6.07, 6.45) is -3.02. The van der Waals surface area contributed by atoms with Gasteiger partial charge in [0.25, 0.3) is 0 Å². The Hall–Kier alpha value is -1.53. The van der Waals surface area contributed by atoms with Crippen LogP contribution in [0.15, 0.2) is 6.20 Å². The Labute approximate surface area is 91.1 Å². The van der Waals surface area contributed by atoms with Crippen molar-refractivity contribution < 1.29 is 13.2 Å². The molecule has 7 heteroatoms. The van der Waals surface area contributed by atoms with E-state index in [0.717, 1.165) is 6.42 Å². The molecule has 1 rings (SSSR count). The molecule has 0 aliphatic rings. The third-order valence-corrected chi connectivity index (χ3v) is 2.11. The number of halogens is 3. The topological polar surface area (TPSA) is 63.8 Å². The number of nitrogens with one attached hydrogen (secondary N) is 1. The van der Waals surface area contributed by atoms with Gasteiger partial charge in [-0.1, -0.05) is 6.92 Å². The molecular formula is C9H13F3N4. The van der Waals surface area contributed by atoms with Crippen LogP contribution in [-0.4, -0.2) is 16.0 Å². The summed E-state index contributed by atoms with van der Waals surface area (Å²) in [5.74, 6) is -0.451. The van der Waals surface area contributed by atoms with Crippen LogP contribution in [0.3, 0.4) is 0 Å². The highest BCUT2D eigenvalue weighted by Crippen LogP contribution is 2.32. The summed E-state index contributed by atoms with van der Waals surface area (Å²) in [5, 5.41) is 2.84. The van der Waals surface area contributed by atoms with E-state index in [9.17, 15) is 13.2 Å². The fourth-order valence-corrected chi connectivity index (χ4v) is 1.01. The number of anilines is 2. The maximum absolute atomic E-state index is 12.3. The number of rotatable bonds is 3. The van der Waals surface area contributed by atoms with Crippen LogP contribution in [0.1, 0.15) is 25.8 Å². The monoisotopic (exact) mass is 234 g/mol. The molecule has 0 aromatic carbocycles. The molecule has 3 N–H and O–H groups in total. The smallest absolute Gasteiger partial charge is 0.383 e. The van der Waals surface area contributed by atoms with Gasteiger partial charge in [0.2, 0.25) is 5.95 Å². The molecule has 1 atom stereocenters. The van der Waals surface area contributed by atoms with Crippen LogP contribution >= 0.6 is 0 Å². The lowest BCUT2D eigenvalue weighted by molar-refractivity contribution is -0.137. The average Bonchev–Trinajstić information content (AvgIpc) is 2.15. The molecule has 0 spiro atoms. The van der Waals surface area contributed by atoms with Gasteiger partial charge in [-0.25, -0.2) is 4.98 Å². The molecule has 0 radical (unpaired) electrons. The van der Waals surface area contributed by atoms with Gasteiger partial charge < -0.3 is 11.1 Å². The van der Waals surface area contributed by atoms with Crippen molar-refractivity contribution in [2.75, 3.05) is 11.1 Å². The van der Waals surface area contributed by atoms with Gasteiger partial charge in [0.15, 0.2) is 0 Å². The average molecular weight is 234 g/mol. The minimum atomic E-state index is -4.51. The molecule has 0 amide bonds. The normalized spacial score (nSPS) is 13.6. The fraction of sp³-hybridized carbons (Fsp3) is 0.556. The first-order valence-electron chi connectivity index (χ1n) is 4.80. The van der Waals surface area contributed by atoms with Crippen molar-refractivity contribution in [2.24, 2.45) is 0 Å². The number of nitrogens with two attached hydrogens (primary N) is 1. The molecule has 1 unspecified atom stereocenters. The van der Waals surface area contributed by atoms with E-state index < -0.39 is 17.6 Å². The second-order valence-corrected chi connectivity index (χ2v) is 3.44. The molecule has 1 aromatic rings. The van der Waals surface area contributed by atoms with E-state index >= 15 is 0 Å². The van der Waals surface area contributed by atoms with Gasteiger partial charge in [-0.3, -0.25) is 0 Å². The molecule has 0 saturated heterocycles. The van der Waals surface area contributed by atoms with Gasteiger partial charge in [-0.05, 0) is 13.3 Å². The fourth-order valence-electron chi connectivity index (χ4n) is 1.01. The number of aromatic nitrogens is 2. The summed E-state index contributed by atoms with van der Waals surface area (Å²) in [6.45, 7) is 3.81. The Morgan fingerprint density at radius 1 is 1.50 bits per heavy atom. The molecule has 16 heavy (non-hydrogen) atoms. The van der Waals surface area contributed by atoms with E-state index in [1.807, 2.05) is 13.8 Å². The van der Waals surface area contributed by atoms with Crippen LogP contribution in [-0.2, 0) is 6.18 Å². The zero-order chi connectivity index (χ0) is 12.3. The SMILES string of the molecule is CCC(C)Nc1ncc(C(F)(F)F)c(N)n1. The summed E-state index contributed by atoms with van der Waals surface area (Å²) >= 11 is 0. The van der Waals surface area contributed by atoms with E-state index in [1.54, 1.807) is 0 Å². The number of hydrogen-bond donors (Lipinski definition) is 2. The lowest BCUT2D eigenvalue weighted by Gasteiger charge is -2.13. The minimum absolute atomic E-state index is 0.0798. The summed E-state index contributed by atoms with van der Waals surface area (Å²) in [4.78, 5) is 7.13. The minimum Gasteiger partial charge on any atom is -0.383 e. The summed E-state index contributed by atoms with van der Waals surface area (Å²) in [6, 6.07) is 0.0798. The molecule has 0 fully saturated rings. The Kier molecular flexibility index (Phi) is 3.56. The van der Waals surface area contributed by atoms with Crippen molar-refractivity contribution in [1.29, 1.82) is 0 Å². The number of hydrogen-bond acceptors (Lipinski definition) is 4.